The Balaban J connectivity index is 1.61. The number of ether oxygens (including phenoxy) is 1. The van der Waals surface area contributed by atoms with Gasteiger partial charge in [-0.25, -0.2) is 4.98 Å². The van der Waals surface area contributed by atoms with Crippen molar-refractivity contribution in [2.45, 2.75) is 20.0 Å². The molecule has 2 aromatic heterocycles. The maximum absolute atomic E-state index is 12.7. The summed E-state index contributed by atoms with van der Waals surface area (Å²) in [7, 11) is 0. The summed E-state index contributed by atoms with van der Waals surface area (Å²) in [6, 6.07) is 11.5. The number of benzene rings is 1. The summed E-state index contributed by atoms with van der Waals surface area (Å²) in [4.78, 5) is 22.7. The first-order valence-electron chi connectivity index (χ1n) is 8.11. The van der Waals surface area contributed by atoms with Crippen molar-refractivity contribution in [3.63, 3.8) is 0 Å². The highest BCUT2D eigenvalue weighted by molar-refractivity contribution is 7.15. The van der Waals surface area contributed by atoms with E-state index in [2.05, 4.69) is 15.3 Å². The van der Waals surface area contributed by atoms with Crippen LogP contribution in [0.1, 0.15) is 26.5 Å². The first kappa shape index (κ1) is 15.9. The van der Waals surface area contributed by atoms with E-state index in [9.17, 15) is 4.79 Å². The van der Waals surface area contributed by atoms with Crippen LogP contribution >= 0.6 is 11.3 Å². The molecule has 0 saturated heterocycles. The van der Waals surface area contributed by atoms with E-state index >= 15 is 0 Å². The number of rotatable bonds is 3. The van der Waals surface area contributed by atoms with Gasteiger partial charge in [0.1, 0.15) is 0 Å². The van der Waals surface area contributed by atoms with Gasteiger partial charge >= 0.3 is 0 Å². The van der Waals surface area contributed by atoms with Crippen LogP contribution in [0.4, 0.5) is 5.13 Å². The number of aromatic nitrogens is 2. The van der Waals surface area contributed by atoms with Crippen LogP contribution in [0.3, 0.4) is 0 Å². The van der Waals surface area contributed by atoms with Gasteiger partial charge in [-0.15, -0.1) is 0 Å². The van der Waals surface area contributed by atoms with E-state index in [1.807, 2.05) is 43.3 Å². The Morgan fingerprint density at radius 3 is 2.96 bits per heavy atom. The number of thiazole rings is 1. The molecule has 1 aliphatic heterocycles. The first-order valence-corrected chi connectivity index (χ1v) is 8.93. The predicted molar refractivity (Wildman–Crippen MR) is 97.8 cm³/mol. The van der Waals surface area contributed by atoms with Gasteiger partial charge in [-0.3, -0.25) is 15.1 Å². The number of nitrogens with one attached hydrogen (secondary N) is 1. The second-order valence-electron chi connectivity index (χ2n) is 5.84. The molecule has 3 aromatic rings. The highest BCUT2D eigenvalue weighted by atomic mass is 32.1. The average Bonchev–Trinajstić information content (AvgIpc) is 3.04. The van der Waals surface area contributed by atoms with Gasteiger partial charge in [0, 0.05) is 23.7 Å². The summed E-state index contributed by atoms with van der Waals surface area (Å²) in [5.74, 6) is -0.151. The Morgan fingerprint density at radius 1 is 1.24 bits per heavy atom. The van der Waals surface area contributed by atoms with Crippen molar-refractivity contribution >= 4 is 22.4 Å². The quantitative estimate of drug-likeness (QED) is 0.779. The molecule has 0 radical (unpaired) electrons. The molecule has 25 heavy (non-hydrogen) atoms. The molecule has 4 rings (SSSR count). The molecule has 0 saturated carbocycles. The third-order valence-electron chi connectivity index (χ3n) is 4.23. The highest BCUT2D eigenvalue weighted by Gasteiger charge is 2.18. The lowest BCUT2D eigenvalue weighted by molar-refractivity contribution is 0.102. The van der Waals surface area contributed by atoms with Crippen LogP contribution < -0.4 is 5.32 Å². The average molecular weight is 351 g/mol. The van der Waals surface area contributed by atoms with Crippen molar-refractivity contribution in [1.29, 1.82) is 0 Å². The zero-order valence-electron chi connectivity index (χ0n) is 13.8. The number of hydrogen-bond donors (Lipinski definition) is 1. The maximum Gasteiger partial charge on any atom is 0.257 e. The molecular weight excluding hydrogens is 334 g/mol. The van der Waals surface area contributed by atoms with Gasteiger partial charge in [-0.2, -0.15) is 0 Å². The van der Waals surface area contributed by atoms with E-state index in [0.717, 1.165) is 33.8 Å². The van der Waals surface area contributed by atoms with Crippen molar-refractivity contribution in [2.24, 2.45) is 0 Å². The molecule has 0 fully saturated rings. The van der Waals surface area contributed by atoms with Gasteiger partial charge in [-0.05, 0) is 30.7 Å². The summed E-state index contributed by atoms with van der Waals surface area (Å²) < 4.78 is 5.43. The second-order valence-corrected chi connectivity index (χ2v) is 6.92. The molecule has 0 bridgehead atoms. The second kappa shape index (κ2) is 6.74. The minimum atomic E-state index is -0.151. The fourth-order valence-corrected chi connectivity index (χ4v) is 3.87. The van der Waals surface area contributed by atoms with Crippen molar-refractivity contribution in [3.8, 4) is 11.3 Å². The van der Waals surface area contributed by atoms with Crippen molar-refractivity contribution in [3.05, 3.63) is 64.3 Å². The van der Waals surface area contributed by atoms with Crippen LogP contribution in [0.25, 0.3) is 11.3 Å². The molecule has 6 heteroatoms. The lowest BCUT2D eigenvalue weighted by Crippen LogP contribution is -2.14. The largest absolute Gasteiger partial charge is 0.375 e. The number of carbonyl (C=O) groups is 1. The lowest BCUT2D eigenvalue weighted by Gasteiger charge is -2.10. The lowest BCUT2D eigenvalue weighted by atomic mass is 9.99. The monoisotopic (exact) mass is 351 g/mol. The minimum Gasteiger partial charge on any atom is -0.375 e. The Bertz CT molecular complexity index is 898. The first-order chi connectivity index (χ1) is 12.2. The number of hydrogen-bond acceptors (Lipinski definition) is 5. The molecule has 0 unspecified atom stereocenters. The van der Waals surface area contributed by atoms with Gasteiger partial charge in [-0.1, -0.05) is 29.5 Å². The molecule has 1 N–H and O–H groups in total. The Morgan fingerprint density at radius 2 is 2.16 bits per heavy atom. The van der Waals surface area contributed by atoms with Crippen molar-refractivity contribution in [1.82, 2.24) is 9.97 Å². The van der Waals surface area contributed by atoms with Crippen LogP contribution in [0.15, 0.2) is 42.6 Å². The minimum absolute atomic E-state index is 0.151. The SMILES string of the molecule is Cc1c(C(=O)Nc2nc3c(s2)COCC3)cccc1-c1ccccn1. The fourth-order valence-electron chi connectivity index (χ4n) is 2.92. The third kappa shape index (κ3) is 3.18. The van der Waals surface area contributed by atoms with Gasteiger partial charge in [0.15, 0.2) is 5.13 Å². The molecule has 126 valence electrons. The third-order valence-corrected chi connectivity index (χ3v) is 5.22. The number of pyridine rings is 1. The molecule has 1 aliphatic rings. The van der Waals surface area contributed by atoms with Crippen LogP contribution in [-0.4, -0.2) is 22.5 Å². The summed E-state index contributed by atoms with van der Waals surface area (Å²) in [5.41, 5.74) is 4.39. The van der Waals surface area contributed by atoms with Crippen molar-refractivity contribution in [2.75, 3.05) is 11.9 Å². The van der Waals surface area contributed by atoms with E-state index < -0.39 is 0 Å². The van der Waals surface area contributed by atoms with Gasteiger partial charge in [0.05, 0.1) is 29.5 Å². The number of carbonyl (C=O) groups excluding carboxylic acids is 1. The summed E-state index contributed by atoms with van der Waals surface area (Å²) >= 11 is 1.48. The summed E-state index contributed by atoms with van der Waals surface area (Å²) in [6.07, 6.45) is 2.56. The van der Waals surface area contributed by atoms with Gasteiger partial charge in [0.2, 0.25) is 0 Å². The summed E-state index contributed by atoms with van der Waals surface area (Å²) in [5, 5.41) is 3.56. The fraction of sp³-hybridized carbons (Fsp3) is 0.211. The zero-order valence-corrected chi connectivity index (χ0v) is 14.6. The van der Waals surface area contributed by atoms with Gasteiger partial charge in [0.25, 0.3) is 5.91 Å². The Kier molecular flexibility index (Phi) is 4.29. The van der Waals surface area contributed by atoms with E-state index in [-0.39, 0.29) is 5.91 Å². The molecule has 5 nitrogen and oxygen atoms in total. The van der Waals surface area contributed by atoms with Crippen molar-refractivity contribution < 1.29 is 9.53 Å². The van der Waals surface area contributed by atoms with E-state index in [1.54, 1.807) is 6.20 Å². The van der Waals surface area contributed by atoms with E-state index in [4.69, 9.17) is 4.74 Å². The summed E-state index contributed by atoms with van der Waals surface area (Å²) in [6.45, 7) is 3.21. The predicted octanol–water partition coefficient (Wildman–Crippen LogP) is 3.84. The molecule has 0 atom stereocenters. The smallest absolute Gasteiger partial charge is 0.257 e. The highest BCUT2D eigenvalue weighted by Crippen LogP contribution is 2.28. The van der Waals surface area contributed by atoms with Crippen LogP contribution in [0.5, 0.6) is 0 Å². The van der Waals surface area contributed by atoms with E-state index in [1.165, 1.54) is 11.3 Å². The Labute approximate surface area is 149 Å². The van der Waals surface area contributed by atoms with Crippen LogP contribution in [-0.2, 0) is 17.8 Å². The molecule has 0 spiro atoms. The molecule has 1 aromatic carbocycles. The molecule has 3 heterocycles. The van der Waals surface area contributed by atoms with Crippen LogP contribution in [0.2, 0.25) is 0 Å². The number of anilines is 1. The number of amides is 1. The molecule has 1 amide bonds. The number of nitrogens with zero attached hydrogens (tertiary/aromatic N) is 2. The normalized spacial score (nSPS) is 13.3. The molecule has 0 aliphatic carbocycles. The number of fused-ring (bicyclic) bond motifs is 1. The maximum atomic E-state index is 12.7. The van der Waals surface area contributed by atoms with Gasteiger partial charge < -0.3 is 4.74 Å². The van der Waals surface area contributed by atoms with Crippen LogP contribution in [0, 0.1) is 6.92 Å². The van der Waals surface area contributed by atoms with E-state index in [0.29, 0.717) is 23.9 Å². The zero-order chi connectivity index (χ0) is 17.2. The Hall–Kier alpha value is -2.57. The topological polar surface area (TPSA) is 64.1 Å². The standard InChI is InChI=1S/C19H17N3O2S/c1-12-13(15-7-2-3-9-20-15)5-4-6-14(12)18(23)22-19-21-16-8-10-24-11-17(16)25-19/h2-7,9H,8,10-11H2,1H3,(H,21,22,23). The molecular formula is C19H17N3O2S.